The third kappa shape index (κ3) is 5200. The summed E-state index contributed by atoms with van der Waals surface area (Å²) in [5.74, 6) is 0. The predicted molar refractivity (Wildman–Crippen MR) is 67.1 cm³/mol. The number of thiol groups is 1. The molecule has 0 aromatic rings. The van der Waals surface area contributed by atoms with E-state index in [2.05, 4.69) is 30.9 Å². The van der Waals surface area contributed by atoms with E-state index in [0.29, 0.717) is 0 Å². The summed E-state index contributed by atoms with van der Waals surface area (Å²) in [4.78, 5) is 0. The lowest BCUT2D eigenvalue weighted by atomic mass is 10.8. The van der Waals surface area contributed by atoms with Crippen molar-refractivity contribution < 1.29 is 8.76 Å². The average Bonchev–Trinajstić information content (AvgIpc) is 1.88. The Bertz CT molecular complexity index is 139. The summed E-state index contributed by atoms with van der Waals surface area (Å²) in [6.07, 6.45) is 5.25. The molecule has 4 heteroatoms. The molecule has 13 heavy (non-hydrogen) atoms. The molecule has 0 aliphatic heterocycles. The highest BCUT2D eigenvalue weighted by Gasteiger charge is 1.39. The van der Waals surface area contributed by atoms with Crippen LogP contribution in [0.5, 0.6) is 0 Å². The van der Waals surface area contributed by atoms with E-state index in [1.54, 1.807) is 18.2 Å². The lowest BCUT2D eigenvalue weighted by Crippen LogP contribution is -1.54. The molecule has 0 aliphatic rings. The zero-order valence-corrected chi connectivity index (χ0v) is 10.3. The van der Waals surface area contributed by atoms with Crippen molar-refractivity contribution in [1.82, 2.24) is 0 Å². The molecule has 1 unspecified atom stereocenters. The van der Waals surface area contributed by atoms with Crippen LogP contribution in [0.2, 0.25) is 0 Å². The Kier molecular flexibility index (Phi) is 73.5. The van der Waals surface area contributed by atoms with Gasteiger partial charge in [0.2, 0.25) is 0 Å². The molecule has 0 aliphatic carbocycles. The minimum Gasteiger partial charge on any atom is -0.308 e. The van der Waals surface area contributed by atoms with Gasteiger partial charge in [-0.15, -0.1) is 19.7 Å². The summed E-state index contributed by atoms with van der Waals surface area (Å²) in [6.45, 7) is 15.8. The molecule has 2 nitrogen and oxygen atoms in total. The minimum atomic E-state index is -2.29. The summed E-state index contributed by atoms with van der Waals surface area (Å²) in [7, 11) is -2.29. The van der Waals surface area contributed by atoms with Crippen LogP contribution in [-0.4, -0.2) is 8.76 Å². The molecule has 0 spiro atoms. The van der Waals surface area contributed by atoms with Crippen molar-refractivity contribution in [2.45, 2.75) is 20.8 Å². The minimum absolute atomic E-state index is 1.75. The Morgan fingerprint density at radius 1 is 1.08 bits per heavy atom. The van der Waals surface area contributed by atoms with Gasteiger partial charge in [0.25, 0.3) is 0 Å². The third-order valence-corrected chi connectivity index (χ3v) is 0. The molecule has 0 aromatic heterocycles. The zero-order chi connectivity index (χ0) is 11.7. The highest BCUT2D eigenvalue weighted by atomic mass is 32.8. The van der Waals surface area contributed by atoms with E-state index in [-0.39, 0.29) is 0 Å². The zero-order valence-electron chi connectivity index (χ0n) is 8.56. The number of hydrogen-bond donors (Lipinski definition) is 2. The van der Waals surface area contributed by atoms with Crippen LogP contribution in [-0.2, 0) is 20.8 Å². The number of hydrogen-bond acceptors (Lipinski definition) is 2. The molecule has 0 saturated heterocycles. The van der Waals surface area contributed by atoms with Crippen molar-refractivity contribution in [2.24, 2.45) is 0 Å². The summed E-state index contributed by atoms with van der Waals surface area (Å²) in [5.41, 5.74) is 0. The van der Waals surface area contributed by atoms with Crippen LogP contribution in [0.15, 0.2) is 38.0 Å². The fraction of sp³-hybridized carbons (Fsp3) is 0.333. The molecule has 0 heterocycles. The second-order valence-electron chi connectivity index (χ2n) is 1.46. The third-order valence-electron chi connectivity index (χ3n) is 0. The second kappa shape index (κ2) is 41.7. The first kappa shape index (κ1) is 22.9. The van der Waals surface area contributed by atoms with Gasteiger partial charge in [-0.05, 0) is 20.8 Å². The molecular weight excluding hydrogens is 204 g/mol. The van der Waals surface area contributed by atoms with Gasteiger partial charge in [-0.1, -0.05) is 18.2 Å². The maximum Gasteiger partial charge on any atom is 0.130 e. The van der Waals surface area contributed by atoms with E-state index in [9.17, 15) is 0 Å². The van der Waals surface area contributed by atoms with Gasteiger partial charge in [0.1, 0.15) is 9.64 Å². The molecule has 80 valence electrons. The first-order chi connectivity index (χ1) is 5.97. The monoisotopic (exact) mass is 224 g/mol. The van der Waals surface area contributed by atoms with Crippen molar-refractivity contribution in [2.75, 3.05) is 0 Å². The number of allylic oxidation sites excluding steroid dienone is 3. The standard InChI is InChI=1S/3C3H6.H2O2S2/c3*1-3-2;1-4(2)3/h3*3H,1H2,2H3;4H,(H,1,2,3). The Hall–Kier alpha value is -0.450. The van der Waals surface area contributed by atoms with Gasteiger partial charge in [-0.2, -0.15) is 0 Å². The van der Waals surface area contributed by atoms with E-state index in [1.165, 1.54) is 0 Å². The first-order valence-electron chi connectivity index (χ1n) is 3.52. The average molecular weight is 224 g/mol. The molecule has 0 radical (unpaired) electrons. The van der Waals surface area contributed by atoms with Crippen LogP contribution in [0, 0.1) is 0 Å². The summed E-state index contributed by atoms with van der Waals surface area (Å²) >= 11 is 3.69. The maximum atomic E-state index is 8.96. The van der Waals surface area contributed by atoms with Gasteiger partial charge in [-0.3, -0.25) is 0 Å². The lowest BCUT2D eigenvalue weighted by Gasteiger charge is -1.47. The summed E-state index contributed by atoms with van der Waals surface area (Å²) < 4.78 is 16.3. The highest BCUT2D eigenvalue weighted by molar-refractivity contribution is 8.18. The fourth-order valence-electron chi connectivity index (χ4n) is 0. The molecule has 0 fully saturated rings. The summed E-state index contributed by atoms with van der Waals surface area (Å²) in [6, 6.07) is 0. The smallest absolute Gasteiger partial charge is 0.130 e. The Morgan fingerprint density at radius 2 is 1.08 bits per heavy atom. The van der Waals surface area contributed by atoms with Crippen LogP contribution in [0.1, 0.15) is 20.8 Å². The number of rotatable bonds is 0. The van der Waals surface area contributed by atoms with E-state index in [1.807, 2.05) is 20.8 Å². The fourth-order valence-corrected chi connectivity index (χ4v) is 0. The van der Waals surface area contributed by atoms with Gasteiger partial charge >= 0.3 is 0 Å². The van der Waals surface area contributed by atoms with E-state index >= 15 is 0 Å². The van der Waals surface area contributed by atoms with Crippen LogP contribution < -0.4 is 0 Å². The lowest BCUT2D eigenvalue weighted by molar-refractivity contribution is 0.583. The second-order valence-corrected chi connectivity index (χ2v) is 2.88. The van der Waals surface area contributed by atoms with Gasteiger partial charge in [0, 0.05) is 11.2 Å². The topological polar surface area (TPSA) is 37.3 Å². The van der Waals surface area contributed by atoms with Crippen molar-refractivity contribution >= 4 is 20.8 Å². The maximum absolute atomic E-state index is 8.96. The highest BCUT2D eigenvalue weighted by Crippen LogP contribution is 1.38. The van der Waals surface area contributed by atoms with Crippen LogP contribution in [0.4, 0.5) is 0 Å². The first-order valence-corrected chi connectivity index (χ1v) is 5.75. The SMILES string of the molecule is C=CC.C=CC.C=CC.O=[SH](O)=S. The molecular formula is C9H20O2S2. The van der Waals surface area contributed by atoms with Crippen molar-refractivity contribution in [3.63, 3.8) is 0 Å². The van der Waals surface area contributed by atoms with Crippen LogP contribution in [0.3, 0.4) is 0 Å². The largest absolute Gasteiger partial charge is 0.308 e. The Morgan fingerprint density at radius 3 is 1.08 bits per heavy atom. The molecule has 0 rings (SSSR count). The van der Waals surface area contributed by atoms with Crippen LogP contribution >= 0.6 is 0 Å². The van der Waals surface area contributed by atoms with E-state index in [0.717, 1.165) is 0 Å². The van der Waals surface area contributed by atoms with Gasteiger partial charge in [0.15, 0.2) is 0 Å². The summed E-state index contributed by atoms with van der Waals surface area (Å²) in [5, 5.41) is 0. The molecule has 1 atom stereocenters. The van der Waals surface area contributed by atoms with Crippen molar-refractivity contribution in [1.29, 1.82) is 0 Å². The van der Waals surface area contributed by atoms with E-state index < -0.39 is 9.64 Å². The normalized spacial score (nSPS) is 7.69. The van der Waals surface area contributed by atoms with Gasteiger partial charge < -0.3 is 4.55 Å². The Balaban J connectivity index is -0.0000000420. The molecule has 0 saturated carbocycles. The Labute approximate surface area is 88.6 Å². The van der Waals surface area contributed by atoms with Gasteiger partial charge in [0.05, 0.1) is 0 Å². The molecule has 0 bridgehead atoms. The van der Waals surface area contributed by atoms with Gasteiger partial charge in [-0.25, -0.2) is 4.21 Å². The molecule has 0 amide bonds. The predicted octanol–water partition coefficient (Wildman–Crippen LogP) is 2.98. The molecule has 1 N–H and O–H groups in total. The quantitative estimate of drug-likeness (QED) is 0.491. The van der Waals surface area contributed by atoms with Crippen molar-refractivity contribution in [3.8, 4) is 0 Å². The van der Waals surface area contributed by atoms with Crippen molar-refractivity contribution in [3.05, 3.63) is 38.0 Å². The van der Waals surface area contributed by atoms with E-state index in [4.69, 9.17) is 8.76 Å². The van der Waals surface area contributed by atoms with Crippen LogP contribution in [0.25, 0.3) is 0 Å². The molecule has 0 aromatic carbocycles.